The molecule has 182 valence electrons. The first kappa shape index (κ1) is 25.6. The molecular weight excluding hydrogens is 470 g/mol. The van der Waals surface area contributed by atoms with Gasteiger partial charge < -0.3 is 19.5 Å². The second-order valence-electron chi connectivity index (χ2n) is 7.30. The van der Waals surface area contributed by atoms with Gasteiger partial charge in [0, 0.05) is 5.69 Å². The van der Waals surface area contributed by atoms with Crippen molar-refractivity contribution in [2.75, 3.05) is 25.1 Å². The minimum atomic E-state index is -0.439. The Hall–Kier alpha value is -4.04. The Labute approximate surface area is 208 Å². The first-order chi connectivity index (χ1) is 17.0. The summed E-state index contributed by atoms with van der Waals surface area (Å²) in [6.07, 6.45) is 1.46. The van der Waals surface area contributed by atoms with Crippen LogP contribution in [-0.2, 0) is 9.59 Å². The first-order valence-corrected chi connectivity index (χ1v) is 11.3. The second kappa shape index (κ2) is 13.0. The molecule has 3 aromatic rings. The predicted molar refractivity (Wildman–Crippen MR) is 136 cm³/mol. The van der Waals surface area contributed by atoms with Crippen LogP contribution in [0.2, 0.25) is 5.02 Å². The number of aryl methyl sites for hydroxylation is 1. The summed E-state index contributed by atoms with van der Waals surface area (Å²) < 4.78 is 16.7. The maximum absolute atomic E-state index is 12.3. The minimum absolute atomic E-state index is 0.177. The van der Waals surface area contributed by atoms with E-state index in [1.165, 1.54) is 6.21 Å². The number of ether oxygens (including phenoxy) is 3. The van der Waals surface area contributed by atoms with E-state index in [1.807, 2.05) is 38.1 Å². The monoisotopic (exact) mass is 495 g/mol. The number of benzene rings is 3. The highest BCUT2D eigenvalue weighted by Crippen LogP contribution is 2.28. The van der Waals surface area contributed by atoms with Crippen LogP contribution in [0.1, 0.15) is 18.1 Å². The summed E-state index contributed by atoms with van der Waals surface area (Å²) in [5, 5.41) is 7.18. The average Bonchev–Trinajstić information content (AvgIpc) is 2.85. The van der Waals surface area contributed by atoms with Gasteiger partial charge in [-0.1, -0.05) is 41.9 Å². The van der Waals surface area contributed by atoms with Crippen molar-refractivity contribution in [3.8, 4) is 17.2 Å². The van der Waals surface area contributed by atoms with Crippen LogP contribution >= 0.6 is 11.6 Å². The lowest BCUT2D eigenvalue weighted by molar-refractivity contribution is -0.123. The summed E-state index contributed by atoms with van der Waals surface area (Å²) in [6.45, 7) is 3.75. The van der Waals surface area contributed by atoms with Crippen LogP contribution in [0, 0.1) is 6.92 Å². The molecule has 3 rings (SSSR count). The number of carbonyl (C=O) groups excluding carboxylic acids is 2. The predicted octanol–water partition coefficient (Wildman–Crippen LogP) is 4.59. The molecule has 0 bridgehead atoms. The molecule has 9 heteroatoms. The summed E-state index contributed by atoms with van der Waals surface area (Å²) in [7, 11) is 0. The standard InChI is InChI=1S/C26H26ClN3O5/c1-3-33-24-14-19(15-28-30-26(32)17-34-22-11-7-5-9-20(22)27)12-13-23(24)35-16-25(31)29-21-10-6-4-8-18(21)2/h4-15H,3,16-17H2,1-2H3,(H,29,31)(H,30,32)/b28-15+. The molecule has 8 nitrogen and oxygen atoms in total. The number of hydrogen-bond acceptors (Lipinski definition) is 6. The Morgan fingerprint density at radius 3 is 2.37 bits per heavy atom. The zero-order valence-corrected chi connectivity index (χ0v) is 20.2. The van der Waals surface area contributed by atoms with Gasteiger partial charge >= 0.3 is 0 Å². The summed E-state index contributed by atoms with van der Waals surface area (Å²) in [5.74, 6) is 0.562. The van der Waals surface area contributed by atoms with Gasteiger partial charge in [0.15, 0.2) is 24.7 Å². The van der Waals surface area contributed by atoms with Gasteiger partial charge in [0.2, 0.25) is 0 Å². The highest BCUT2D eigenvalue weighted by molar-refractivity contribution is 6.32. The van der Waals surface area contributed by atoms with E-state index in [-0.39, 0.29) is 19.1 Å². The van der Waals surface area contributed by atoms with Crippen molar-refractivity contribution in [1.29, 1.82) is 0 Å². The fraction of sp³-hybridized carbons (Fsp3) is 0.192. The van der Waals surface area contributed by atoms with Gasteiger partial charge in [0.05, 0.1) is 17.8 Å². The van der Waals surface area contributed by atoms with E-state index in [0.717, 1.165) is 11.3 Å². The molecule has 0 unspecified atom stereocenters. The van der Waals surface area contributed by atoms with Crippen LogP contribution in [0.15, 0.2) is 71.8 Å². The van der Waals surface area contributed by atoms with E-state index in [1.54, 1.807) is 42.5 Å². The molecular formula is C26H26ClN3O5. The lowest BCUT2D eigenvalue weighted by Gasteiger charge is -2.13. The molecule has 0 aliphatic rings. The molecule has 0 aromatic heterocycles. The fourth-order valence-corrected chi connectivity index (χ4v) is 3.14. The van der Waals surface area contributed by atoms with E-state index >= 15 is 0 Å². The van der Waals surface area contributed by atoms with Gasteiger partial charge in [0.1, 0.15) is 5.75 Å². The van der Waals surface area contributed by atoms with Crippen molar-refractivity contribution >= 4 is 35.3 Å². The number of carbonyl (C=O) groups is 2. The van der Waals surface area contributed by atoms with Crippen molar-refractivity contribution in [2.45, 2.75) is 13.8 Å². The van der Waals surface area contributed by atoms with Gasteiger partial charge in [-0.2, -0.15) is 5.10 Å². The maximum atomic E-state index is 12.3. The van der Waals surface area contributed by atoms with Gasteiger partial charge in [-0.25, -0.2) is 5.43 Å². The summed E-state index contributed by atoms with van der Waals surface area (Å²) in [5.41, 5.74) is 4.75. The van der Waals surface area contributed by atoms with Crippen LogP contribution in [0.5, 0.6) is 17.2 Å². The summed E-state index contributed by atoms with van der Waals surface area (Å²) in [4.78, 5) is 24.3. The van der Waals surface area contributed by atoms with Gasteiger partial charge in [-0.3, -0.25) is 9.59 Å². The molecule has 0 spiro atoms. The van der Waals surface area contributed by atoms with E-state index in [9.17, 15) is 9.59 Å². The first-order valence-electron chi connectivity index (χ1n) is 10.9. The summed E-state index contributed by atoms with van der Waals surface area (Å²) in [6, 6.07) is 19.5. The van der Waals surface area contributed by atoms with Crippen LogP contribution in [-0.4, -0.2) is 37.8 Å². The third-order valence-electron chi connectivity index (χ3n) is 4.64. The maximum Gasteiger partial charge on any atom is 0.277 e. The van der Waals surface area contributed by atoms with Crippen LogP contribution < -0.4 is 25.0 Å². The Bertz CT molecular complexity index is 1200. The molecule has 2 amide bonds. The molecule has 2 N–H and O–H groups in total. The van der Waals surface area contributed by atoms with E-state index in [2.05, 4.69) is 15.8 Å². The SMILES string of the molecule is CCOc1cc(/C=N/NC(=O)COc2ccccc2Cl)ccc1OCC(=O)Nc1ccccc1C. The van der Waals surface area contributed by atoms with Crippen molar-refractivity contribution in [2.24, 2.45) is 5.10 Å². The number of hydrazone groups is 1. The number of nitrogens with one attached hydrogen (secondary N) is 2. The third-order valence-corrected chi connectivity index (χ3v) is 4.96. The zero-order chi connectivity index (χ0) is 25.0. The van der Waals surface area contributed by atoms with E-state index in [4.69, 9.17) is 25.8 Å². The molecule has 0 radical (unpaired) electrons. The Morgan fingerprint density at radius 2 is 1.60 bits per heavy atom. The molecule has 0 fully saturated rings. The zero-order valence-electron chi connectivity index (χ0n) is 19.4. The van der Waals surface area contributed by atoms with Crippen molar-refractivity contribution in [3.63, 3.8) is 0 Å². The van der Waals surface area contributed by atoms with Gasteiger partial charge in [0.25, 0.3) is 11.8 Å². The highest BCUT2D eigenvalue weighted by Gasteiger charge is 2.10. The number of anilines is 1. The highest BCUT2D eigenvalue weighted by atomic mass is 35.5. The number of amides is 2. The molecule has 0 saturated carbocycles. The van der Waals surface area contributed by atoms with E-state index < -0.39 is 5.91 Å². The smallest absolute Gasteiger partial charge is 0.277 e. The van der Waals surface area contributed by atoms with Crippen LogP contribution in [0.3, 0.4) is 0 Å². The Morgan fingerprint density at radius 1 is 0.886 bits per heavy atom. The van der Waals surface area contributed by atoms with Crippen molar-refractivity contribution < 1.29 is 23.8 Å². The molecule has 0 saturated heterocycles. The normalized spacial score (nSPS) is 10.6. The van der Waals surface area contributed by atoms with E-state index in [0.29, 0.717) is 34.4 Å². The molecule has 3 aromatic carbocycles. The van der Waals surface area contributed by atoms with Crippen LogP contribution in [0.25, 0.3) is 0 Å². The van der Waals surface area contributed by atoms with Crippen molar-refractivity contribution in [1.82, 2.24) is 5.43 Å². The number of nitrogens with zero attached hydrogens (tertiary/aromatic N) is 1. The largest absolute Gasteiger partial charge is 0.490 e. The van der Waals surface area contributed by atoms with Gasteiger partial charge in [-0.15, -0.1) is 0 Å². The molecule has 0 atom stereocenters. The third kappa shape index (κ3) is 8.04. The molecule has 0 aliphatic heterocycles. The van der Waals surface area contributed by atoms with Crippen molar-refractivity contribution in [3.05, 3.63) is 82.9 Å². The molecule has 0 heterocycles. The van der Waals surface area contributed by atoms with Crippen LogP contribution in [0.4, 0.5) is 5.69 Å². The minimum Gasteiger partial charge on any atom is -0.490 e. The number of para-hydroxylation sites is 2. The number of rotatable bonds is 11. The second-order valence-corrected chi connectivity index (χ2v) is 7.71. The fourth-order valence-electron chi connectivity index (χ4n) is 2.95. The number of halogens is 1. The molecule has 35 heavy (non-hydrogen) atoms. The molecule has 0 aliphatic carbocycles. The average molecular weight is 496 g/mol. The Balaban J connectivity index is 1.53. The lowest BCUT2D eigenvalue weighted by atomic mass is 10.2. The summed E-state index contributed by atoms with van der Waals surface area (Å²) >= 11 is 6.00. The Kier molecular flexibility index (Phi) is 9.50. The topological polar surface area (TPSA) is 98.2 Å². The lowest BCUT2D eigenvalue weighted by Crippen LogP contribution is -2.24. The van der Waals surface area contributed by atoms with Gasteiger partial charge in [-0.05, 0) is 61.4 Å². The number of hydrogen-bond donors (Lipinski definition) is 2. The quantitative estimate of drug-likeness (QED) is 0.299.